The van der Waals surface area contributed by atoms with Crippen LogP contribution in [-0.4, -0.2) is 37.6 Å². The Morgan fingerprint density at radius 1 is 1.30 bits per heavy atom. The van der Waals surface area contributed by atoms with E-state index in [1.165, 1.54) is 12.3 Å². The van der Waals surface area contributed by atoms with E-state index in [9.17, 15) is 4.79 Å². The Bertz CT molecular complexity index is 451. The number of ether oxygens (including phenoxy) is 1. The number of aromatic nitrogens is 1. The van der Waals surface area contributed by atoms with Crippen LogP contribution in [0.5, 0.6) is 5.88 Å². The Morgan fingerprint density at radius 2 is 1.95 bits per heavy atom. The lowest BCUT2D eigenvalue weighted by molar-refractivity contribution is 0.0696. The van der Waals surface area contributed by atoms with Gasteiger partial charge in [-0.05, 0) is 24.2 Å². The second kappa shape index (κ2) is 6.36. The molecule has 1 N–H and O–H groups in total. The van der Waals surface area contributed by atoms with E-state index in [1.807, 2.05) is 0 Å². The molecule has 0 saturated carbocycles. The molecule has 5 nitrogen and oxygen atoms in total. The van der Waals surface area contributed by atoms with E-state index in [4.69, 9.17) is 14.3 Å². The standard InChI is InChI=1S/C14H23NO4Si/c1-14(2,3)20(4,5)19-9-8-18-12-7-6-11(10-15-12)13(16)17/h6-7,10H,8-9H2,1-5H3,(H,16,17). The van der Waals surface area contributed by atoms with Crippen LogP contribution in [0.15, 0.2) is 18.3 Å². The molecule has 0 fully saturated rings. The quantitative estimate of drug-likeness (QED) is 0.645. The first-order chi connectivity index (χ1) is 9.13. The minimum Gasteiger partial charge on any atom is -0.478 e. The molecular formula is C14H23NO4Si. The van der Waals surface area contributed by atoms with Gasteiger partial charge in [0.1, 0.15) is 6.61 Å². The Labute approximate surface area is 121 Å². The summed E-state index contributed by atoms with van der Waals surface area (Å²) >= 11 is 0. The summed E-state index contributed by atoms with van der Waals surface area (Å²) in [6.45, 7) is 11.9. The summed E-state index contributed by atoms with van der Waals surface area (Å²) in [5.41, 5.74) is 0.148. The summed E-state index contributed by atoms with van der Waals surface area (Å²) in [4.78, 5) is 14.6. The number of hydrogen-bond acceptors (Lipinski definition) is 4. The normalized spacial score (nSPS) is 12.2. The van der Waals surface area contributed by atoms with Crippen LogP contribution < -0.4 is 4.74 Å². The third-order valence-electron chi connectivity index (χ3n) is 3.59. The summed E-state index contributed by atoms with van der Waals surface area (Å²) in [5, 5.41) is 8.93. The Kier molecular flexibility index (Phi) is 5.30. The van der Waals surface area contributed by atoms with Crippen LogP contribution in [0.4, 0.5) is 0 Å². The summed E-state index contributed by atoms with van der Waals surface area (Å²) in [7, 11) is -1.75. The fourth-order valence-electron chi connectivity index (χ4n) is 1.25. The van der Waals surface area contributed by atoms with Gasteiger partial charge in [-0.25, -0.2) is 9.78 Å². The van der Waals surface area contributed by atoms with Gasteiger partial charge in [0.05, 0.1) is 12.2 Å². The molecule has 0 saturated heterocycles. The summed E-state index contributed by atoms with van der Waals surface area (Å²) in [6.07, 6.45) is 1.28. The lowest BCUT2D eigenvalue weighted by Crippen LogP contribution is -2.41. The predicted octanol–water partition coefficient (Wildman–Crippen LogP) is 3.18. The summed E-state index contributed by atoms with van der Waals surface area (Å²) in [6, 6.07) is 3.02. The average molecular weight is 297 g/mol. The maximum Gasteiger partial charge on any atom is 0.337 e. The van der Waals surface area contributed by atoms with Crippen LogP contribution in [0.1, 0.15) is 31.1 Å². The van der Waals surface area contributed by atoms with Crippen LogP contribution in [0.25, 0.3) is 0 Å². The summed E-state index contributed by atoms with van der Waals surface area (Å²) in [5.74, 6) is -0.584. The van der Waals surface area contributed by atoms with Gasteiger partial charge < -0.3 is 14.3 Å². The van der Waals surface area contributed by atoms with Crippen molar-refractivity contribution in [3.63, 3.8) is 0 Å². The number of carbonyl (C=O) groups is 1. The van der Waals surface area contributed by atoms with E-state index in [0.29, 0.717) is 19.1 Å². The molecule has 0 amide bonds. The van der Waals surface area contributed by atoms with E-state index >= 15 is 0 Å². The second-order valence-electron chi connectivity index (χ2n) is 6.15. The van der Waals surface area contributed by atoms with E-state index in [2.05, 4.69) is 38.8 Å². The molecule has 0 aliphatic rings. The number of nitrogens with zero attached hydrogens (tertiary/aromatic N) is 1. The van der Waals surface area contributed by atoms with E-state index in [0.717, 1.165) is 0 Å². The minimum atomic E-state index is -1.75. The van der Waals surface area contributed by atoms with Crippen molar-refractivity contribution in [3.8, 4) is 5.88 Å². The third-order valence-corrected chi connectivity index (χ3v) is 8.12. The number of pyridine rings is 1. The van der Waals surface area contributed by atoms with Gasteiger partial charge in [0.25, 0.3) is 0 Å². The smallest absolute Gasteiger partial charge is 0.337 e. The Hall–Kier alpha value is -1.40. The first-order valence-corrected chi connectivity index (χ1v) is 9.50. The zero-order valence-electron chi connectivity index (χ0n) is 12.8. The highest BCUT2D eigenvalue weighted by atomic mass is 28.4. The highest BCUT2D eigenvalue weighted by Gasteiger charge is 2.36. The van der Waals surface area contributed by atoms with Crippen molar-refractivity contribution in [2.24, 2.45) is 0 Å². The molecule has 1 aromatic heterocycles. The molecule has 0 aliphatic heterocycles. The molecule has 1 aromatic rings. The van der Waals surface area contributed by atoms with Crippen molar-refractivity contribution in [1.82, 2.24) is 4.98 Å². The number of carboxylic acid groups (broad SMARTS) is 1. The van der Waals surface area contributed by atoms with Gasteiger partial charge in [0.2, 0.25) is 5.88 Å². The van der Waals surface area contributed by atoms with Crippen molar-refractivity contribution in [3.05, 3.63) is 23.9 Å². The van der Waals surface area contributed by atoms with Gasteiger partial charge >= 0.3 is 5.97 Å². The second-order valence-corrected chi connectivity index (χ2v) is 11.0. The Balaban J connectivity index is 2.40. The molecular weight excluding hydrogens is 274 g/mol. The van der Waals surface area contributed by atoms with E-state index < -0.39 is 14.3 Å². The van der Waals surface area contributed by atoms with Crippen LogP contribution >= 0.6 is 0 Å². The maximum absolute atomic E-state index is 10.7. The molecule has 0 aromatic carbocycles. The number of carboxylic acids is 1. The van der Waals surface area contributed by atoms with Gasteiger partial charge in [-0.3, -0.25) is 0 Å². The molecule has 0 unspecified atom stereocenters. The van der Waals surface area contributed by atoms with Crippen LogP contribution in [0.2, 0.25) is 18.1 Å². The van der Waals surface area contributed by atoms with E-state index in [1.54, 1.807) is 6.07 Å². The number of aromatic carboxylic acids is 1. The fraction of sp³-hybridized carbons (Fsp3) is 0.571. The zero-order chi connectivity index (χ0) is 15.4. The first-order valence-electron chi connectivity index (χ1n) is 6.59. The molecule has 20 heavy (non-hydrogen) atoms. The van der Waals surface area contributed by atoms with Gasteiger partial charge in [-0.1, -0.05) is 20.8 Å². The van der Waals surface area contributed by atoms with Gasteiger partial charge in [-0.2, -0.15) is 0 Å². The molecule has 112 valence electrons. The highest BCUT2D eigenvalue weighted by Crippen LogP contribution is 2.36. The van der Waals surface area contributed by atoms with Crippen molar-refractivity contribution >= 4 is 14.3 Å². The van der Waals surface area contributed by atoms with E-state index in [-0.39, 0.29) is 10.6 Å². The van der Waals surface area contributed by atoms with Crippen LogP contribution in [0.3, 0.4) is 0 Å². The van der Waals surface area contributed by atoms with Gasteiger partial charge in [0.15, 0.2) is 8.32 Å². The van der Waals surface area contributed by atoms with Crippen molar-refractivity contribution < 1.29 is 19.1 Å². The molecule has 0 aliphatic carbocycles. The Morgan fingerprint density at radius 3 is 2.40 bits per heavy atom. The SMILES string of the molecule is CC(C)(C)[Si](C)(C)OCCOc1ccc(C(=O)O)cn1. The number of hydrogen-bond donors (Lipinski definition) is 1. The minimum absolute atomic E-state index is 0.148. The first kappa shape index (κ1) is 16.7. The van der Waals surface area contributed by atoms with Gasteiger partial charge in [0, 0.05) is 12.3 Å². The van der Waals surface area contributed by atoms with Crippen LogP contribution in [-0.2, 0) is 4.43 Å². The van der Waals surface area contributed by atoms with Gasteiger partial charge in [-0.15, -0.1) is 0 Å². The monoisotopic (exact) mass is 297 g/mol. The largest absolute Gasteiger partial charge is 0.478 e. The molecule has 0 spiro atoms. The lowest BCUT2D eigenvalue weighted by Gasteiger charge is -2.36. The maximum atomic E-state index is 10.7. The fourth-order valence-corrected chi connectivity index (χ4v) is 2.28. The predicted molar refractivity (Wildman–Crippen MR) is 79.8 cm³/mol. The topological polar surface area (TPSA) is 68.7 Å². The van der Waals surface area contributed by atoms with Crippen molar-refractivity contribution in [2.75, 3.05) is 13.2 Å². The highest BCUT2D eigenvalue weighted by molar-refractivity contribution is 6.74. The van der Waals surface area contributed by atoms with Crippen molar-refractivity contribution in [1.29, 1.82) is 0 Å². The zero-order valence-corrected chi connectivity index (χ0v) is 13.8. The molecule has 6 heteroatoms. The van der Waals surface area contributed by atoms with Crippen LogP contribution in [0, 0.1) is 0 Å². The summed E-state index contributed by atoms with van der Waals surface area (Å²) < 4.78 is 11.4. The average Bonchev–Trinajstić information content (AvgIpc) is 2.34. The van der Waals surface area contributed by atoms with Crippen molar-refractivity contribution in [2.45, 2.75) is 38.9 Å². The third kappa shape index (κ3) is 4.61. The molecule has 0 bridgehead atoms. The molecule has 0 atom stereocenters. The molecule has 0 radical (unpaired) electrons. The number of rotatable bonds is 6. The molecule has 1 rings (SSSR count). The lowest BCUT2D eigenvalue weighted by atomic mass is 10.2. The molecule has 1 heterocycles.